The molecule has 0 spiro atoms. The van der Waals surface area contributed by atoms with Crippen molar-refractivity contribution in [3.05, 3.63) is 41.5 Å². The zero-order valence-electron chi connectivity index (χ0n) is 16.1. The van der Waals surface area contributed by atoms with E-state index in [1.54, 1.807) is 15.6 Å². The lowest BCUT2D eigenvalue weighted by Crippen LogP contribution is -2.36. The van der Waals surface area contributed by atoms with Crippen molar-refractivity contribution in [3.63, 3.8) is 0 Å². The van der Waals surface area contributed by atoms with Crippen LogP contribution in [0.15, 0.2) is 24.3 Å². The Hall–Kier alpha value is -2.32. The van der Waals surface area contributed by atoms with Gasteiger partial charge in [-0.25, -0.2) is 9.37 Å². The molecule has 6 nitrogen and oxygen atoms in total. The van der Waals surface area contributed by atoms with Crippen LogP contribution in [0.2, 0.25) is 0 Å². The van der Waals surface area contributed by atoms with Gasteiger partial charge in [-0.05, 0) is 65.2 Å². The zero-order valence-corrected chi connectivity index (χ0v) is 16.9. The number of amides is 1. The monoisotopic (exact) mass is 389 g/mol. The number of nitrogens with zero attached hydrogens (tertiary/aromatic N) is 5. The number of carbonyl (C=O) groups excluding carboxylic acids is 1. The normalized spacial score (nSPS) is 11.5. The number of fused-ring (bicyclic) bond motifs is 1. The summed E-state index contributed by atoms with van der Waals surface area (Å²) in [5.41, 5.74) is 2.53. The molecular formula is C19H24FN5OS. The number of anilines is 1. The van der Waals surface area contributed by atoms with Crippen molar-refractivity contribution in [2.45, 2.75) is 26.8 Å². The van der Waals surface area contributed by atoms with Crippen molar-refractivity contribution in [2.24, 2.45) is 0 Å². The first-order valence-corrected chi connectivity index (χ1v) is 9.67. The SMILES string of the molecule is Cc1cc(C)n(CC(=O)N(CCCN(C)C)c2nc3ccc(F)cc3s2)n1. The molecule has 1 aromatic carbocycles. The van der Waals surface area contributed by atoms with Crippen LogP contribution in [0.4, 0.5) is 9.52 Å². The summed E-state index contributed by atoms with van der Waals surface area (Å²) in [6.07, 6.45) is 0.820. The van der Waals surface area contributed by atoms with Crippen molar-refractivity contribution in [1.82, 2.24) is 19.7 Å². The van der Waals surface area contributed by atoms with Crippen LogP contribution in [0, 0.1) is 19.7 Å². The topological polar surface area (TPSA) is 54.3 Å². The van der Waals surface area contributed by atoms with E-state index in [-0.39, 0.29) is 18.3 Å². The van der Waals surface area contributed by atoms with Crippen molar-refractivity contribution >= 4 is 32.6 Å². The van der Waals surface area contributed by atoms with Gasteiger partial charge in [0.05, 0.1) is 15.9 Å². The van der Waals surface area contributed by atoms with E-state index >= 15 is 0 Å². The van der Waals surface area contributed by atoms with Crippen LogP contribution in [0.25, 0.3) is 10.2 Å². The van der Waals surface area contributed by atoms with Gasteiger partial charge < -0.3 is 4.90 Å². The quantitative estimate of drug-likeness (QED) is 0.623. The van der Waals surface area contributed by atoms with E-state index in [1.807, 2.05) is 34.0 Å². The molecule has 0 fully saturated rings. The summed E-state index contributed by atoms with van der Waals surface area (Å²) >= 11 is 1.34. The summed E-state index contributed by atoms with van der Waals surface area (Å²) in [5.74, 6) is -0.370. The molecule has 27 heavy (non-hydrogen) atoms. The highest BCUT2D eigenvalue weighted by Crippen LogP contribution is 2.29. The second-order valence-electron chi connectivity index (χ2n) is 6.90. The molecule has 0 saturated heterocycles. The number of aromatic nitrogens is 3. The number of carbonyl (C=O) groups is 1. The maximum atomic E-state index is 13.5. The maximum absolute atomic E-state index is 13.5. The number of hydrogen-bond donors (Lipinski definition) is 0. The predicted molar refractivity (Wildman–Crippen MR) is 107 cm³/mol. The lowest BCUT2D eigenvalue weighted by atomic mass is 10.3. The summed E-state index contributed by atoms with van der Waals surface area (Å²) < 4.78 is 16.0. The summed E-state index contributed by atoms with van der Waals surface area (Å²) in [5, 5.41) is 4.98. The van der Waals surface area contributed by atoms with Gasteiger partial charge in [-0.2, -0.15) is 5.10 Å². The van der Waals surface area contributed by atoms with Crippen molar-refractivity contribution in [3.8, 4) is 0 Å². The van der Waals surface area contributed by atoms with Gasteiger partial charge in [-0.15, -0.1) is 0 Å². The second-order valence-corrected chi connectivity index (χ2v) is 7.90. The Balaban J connectivity index is 1.86. The molecule has 2 aromatic heterocycles. The standard InChI is InChI=1S/C19H24FN5OS/c1-13-10-14(2)25(22-13)12-18(26)24(9-5-8-23(3)4)19-21-16-7-6-15(20)11-17(16)27-19/h6-7,10-11H,5,8-9,12H2,1-4H3. The first kappa shape index (κ1) is 19.4. The van der Waals surface area contributed by atoms with Gasteiger partial charge in [0.15, 0.2) is 5.13 Å². The van der Waals surface area contributed by atoms with Gasteiger partial charge in [-0.1, -0.05) is 11.3 Å². The molecular weight excluding hydrogens is 365 g/mol. The lowest BCUT2D eigenvalue weighted by molar-refractivity contribution is -0.119. The smallest absolute Gasteiger partial charge is 0.250 e. The molecule has 0 aliphatic rings. The molecule has 0 unspecified atom stereocenters. The first-order valence-electron chi connectivity index (χ1n) is 8.86. The fourth-order valence-electron chi connectivity index (χ4n) is 2.92. The number of benzene rings is 1. The van der Waals surface area contributed by atoms with Gasteiger partial charge in [0.25, 0.3) is 5.91 Å². The largest absolute Gasteiger partial charge is 0.309 e. The number of aryl methyl sites for hydroxylation is 2. The van der Waals surface area contributed by atoms with Crippen molar-refractivity contribution in [1.29, 1.82) is 0 Å². The fourth-order valence-corrected chi connectivity index (χ4v) is 3.96. The minimum Gasteiger partial charge on any atom is -0.309 e. The molecule has 0 aliphatic heterocycles. The lowest BCUT2D eigenvalue weighted by Gasteiger charge is -2.21. The minimum atomic E-state index is -0.300. The Bertz CT molecular complexity index is 949. The maximum Gasteiger partial charge on any atom is 0.250 e. The fraction of sp³-hybridized carbons (Fsp3) is 0.421. The molecule has 3 rings (SSSR count). The van der Waals surface area contributed by atoms with Gasteiger partial charge in [0.1, 0.15) is 12.4 Å². The summed E-state index contributed by atoms with van der Waals surface area (Å²) in [4.78, 5) is 21.4. The molecule has 1 amide bonds. The number of halogens is 1. The molecule has 0 N–H and O–H groups in total. The van der Waals surface area contributed by atoms with Crippen LogP contribution in [-0.2, 0) is 11.3 Å². The third kappa shape index (κ3) is 4.70. The summed E-state index contributed by atoms with van der Waals surface area (Å²) in [7, 11) is 4.00. The highest BCUT2D eigenvalue weighted by atomic mass is 32.1. The van der Waals surface area contributed by atoms with E-state index < -0.39 is 0 Å². The first-order chi connectivity index (χ1) is 12.8. The van der Waals surface area contributed by atoms with E-state index in [1.165, 1.54) is 23.5 Å². The minimum absolute atomic E-state index is 0.0699. The average Bonchev–Trinajstić information content (AvgIpc) is 3.13. The molecule has 3 aromatic rings. The predicted octanol–water partition coefficient (Wildman–Crippen LogP) is 3.23. The van der Waals surface area contributed by atoms with Crippen LogP contribution in [0.3, 0.4) is 0 Å². The van der Waals surface area contributed by atoms with Gasteiger partial charge >= 0.3 is 0 Å². The molecule has 0 saturated carbocycles. The van der Waals surface area contributed by atoms with E-state index in [4.69, 9.17) is 0 Å². The zero-order chi connectivity index (χ0) is 19.6. The number of hydrogen-bond acceptors (Lipinski definition) is 5. The Morgan fingerprint density at radius 1 is 1.22 bits per heavy atom. The Labute approximate surface area is 162 Å². The average molecular weight is 390 g/mol. The molecule has 0 atom stereocenters. The van der Waals surface area contributed by atoms with Gasteiger partial charge in [0, 0.05) is 12.2 Å². The summed E-state index contributed by atoms with van der Waals surface area (Å²) in [6.45, 7) is 5.42. The van der Waals surface area contributed by atoms with Crippen LogP contribution >= 0.6 is 11.3 Å². The van der Waals surface area contributed by atoms with Crippen molar-refractivity contribution in [2.75, 3.05) is 32.1 Å². The Morgan fingerprint density at radius 2 is 2.00 bits per heavy atom. The van der Waals surface area contributed by atoms with Gasteiger partial charge in [-0.3, -0.25) is 14.4 Å². The molecule has 144 valence electrons. The Kier molecular flexibility index (Phi) is 5.86. The molecule has 0 aliphatic carbocycles. The highest BCUT2D eigenvalue weighted by Gasteiger charge is 2.21. The third-order valence-electron chi connectivity index (χ3n) is 4.25. The van der Waals surface area contributed by atoms with Crippen LogP contribution in [0.5, 0.6) is 0 Å². The van der Waals surface area contributed by atoms with Crippen molar-refractivity contribution < 1.29 is 9.18 Å². The molecule has 0 radical (unpaired) electrons. The summed E-state index contributed by atoms with van der Waals surface area (Å²) in [6, 6.07) is 6.44. The van der Waals surface area contributed by atoms with E-state index in [2.05, 4.69) is 15.0 Å². The number of thiazole rings is 1. The van der Waals surface area contributed by atoms with Crippen LogP contribution < -0.4 is 4.90 Å². The Morgan fingerprint density at radius 3 is 2.67 bits per heavy atom. The third-order valence-corrected chi connectivity index (χ3v) is 5.29. The number of rotatable bonds is 7. The molecule has 8 heteroatoms. The van der Waals surface area contributed by atoms with E-state index in [0.717, 1.165) is 29.1 Å². The van der Waals surface area contributed by atoms with E-state index in [0.29, 0.717) is 17.2 Å². The van der Waals surface area contributed by atoms with Crippen LogP contribution in [0.1, 0.15) is 17.8 Å². The van der Waals surface area contributed by atoms with Crippen LogP contribution in [-0.4, -0.2) is 52.8 Å². The van der Waals surface area contributed by atoms with E-state index in [9.17, 15) is 9.18 Å². The molecule has 0 bridgehead atoms. The van der Waals surface area contributed by atoms with Gasteiger partial charge in [0.2, 0.25) is 0 Å². The highest BCUT2D eigenvalue weighted by molar-refractivity contribution is 7.22. The molecule has 2 heterocycles. The second kappa shape index (κ2) is 8.14.